The molecule has 0 bridgehead atoms. The van der Waals surface area contributed by atoms with Crippen LogP contribution in [-0.4, -0.2) is 5.91 Å². The molecule has 0 aliphatic heterocycles. The van der Waals surface area contributed by atoms with Crippen molar-refractivity contribution in [2.45, 2.75) is 6.42 Å². The van der Waals surface area contributed by atoms with Gasteiger partial charge in [0, 0.05) is 5.02 Å². The minimum atomic E-state index is -0.559. The molecule has 2 rings (SSSR count). The molecule has 98 valence electrons. The van der Waals surface area contributed by atoms with E-state index < -0.39 is 17.5 Å². The van der Waals surface area contributed by atoms with Gasteiger partial charge in [-0.2, -0.15) is 0 Å². The molecule has 2 aromatic rings. The van der Waals surface area contributed by atoms with E-state index in [1.807, 2.05) is 0 Å². The van der Waals surface area contributed by atoms with Crippen LogP contribution in [0.1, 0.15) is 5.56 Å². The van der Waals surface area contributed by atoms with Gasteiger partial charge < -0.3 is 5.32 Å². The first-order valence-corrected chi connectivity index (χ1v) is 5.92. The van der Waals surface area contributed by atoms with Crippen LogP contribution in [-0.2, 0) is 11.2 Å². The summed E-state index contributed by atoms with van der Waals surface area (Å²) in [7, 11) is 0. The van der Waals surface area contributed by atoms with Crippen molar-refractivity contribution < 1.29 is 13.6 Å². The zero-order valence-corrected chi connectivity index (χ0v) is 10.5. The van der Waals surface area contributed by atoms with E-state index in [4.69, 9.17) is 11.6 Å². The molecule has 2 nitrogen and oxygen atoms in total. The molecule has 1 N–H and O–H groups in total. The maximum absolute atomic E-state index is 13.5. The van der Waals surface area contributed by atoms with Gasteiger partial charge in [-0.05, 0) is 29.8 Å². The van der Waals surface area contributed by atoms with Crippen molar-refractivity contribution in [3.05, 3.63) is 64.7 Å². The number of carbonyl (C=O) groups is 1. The van der Waals surface area contributed by atoms with Crippen LogP contribution < -0.4 is 5.32 Å². The lowest BCUT2D eigenvalue weighted by molar-refractivity contribution is -0.115. The fraction of sp³-hybridized carbons (Fsp3) is 0.0714. The van der Waals surface area contributed by atoms with Crippen LogP contribution in [0.3, 0.4) is 0 Å². The van der Waals surface area contributed by atoms with E-state index in [2.05, 4.69) is 5.32 Å². The highest BCUT2D eigenvalue weighted by molar-refractivity contribution is 6.30. The number of nitrogens with one attached hydrogen (secondary N) is 1. The third kappa shape index (κ3) is 3.51. The standard InChI is InChI=1S/C14H10ClF2NO/c15-10-6-5-9(12(17)8-10)7-14(19)18-13-4-2-1-3-11(13)16/h1-6,8H,7H2,(H,18,19). The van der Waals surface area contributed by atoms with Gasteiger partial charge in [-0.3, -0.25) is 4.79 Å². The highest BCUT2D eigenvalue weighted by atomic mass is 35.5. The van der Waals surface area contributed by atoms with Crippen LogP contribution in [0.15, 0.2) is 42.5 Å². The average Bonchev–Trinajstić information content (AvgIpc) is 2.36. The van der Waals surface area contributed by atoms with Gasteiger partial charge in [0.15, 0.2) is 0 Å². The third-order valence-electron chi connectivity index (χ3n) is 2.51. The van der Waals surface area contributed by atoms with Gasteiger partial charge in [-0.15, -0.1) is 0 Å². The second kappa shape index (κ2) is 5.80. The molecule has 0 heterocycles. The van der Waals surface area contributed by atoms with Crippen molar-refractivity contribution in [1.82, 2.24) is 0 Å². The normalized spacial score (nSPS) is 10.3. The van der Waals surface area contributed by atoms with E-state index in [0.717, 1.165) is 6.07 Å². The van der Waals surface area contributed by atoms with Crippen LogP contribution >= 0.6 is 11.6 Å². The lowest BCUT2D eigenvalue weighted by atomic mass is 10.1. The fourth-order valence-electron chi connectivity index (χ4n) is 1.60. The zero-order valence-electron chi connectivity index (χ0n) is 9.79. The number of hydrogen-bond acceptors (Lipinski definition) is 1. The maximum atomic E-state index is 13.5. The molecular formula is C14H10ClF2NO. The van der Waals surface area contributed by atoms with Gasteiger partial charge in [-0.1, -0.05) is 29.8 Å². The van der Waals surface area contributed by atoms with Gasteiger partial charge in [0.2, 0.25) is 5.91 Å². The molecule has 0 fully saturated rings. The number of halogens is 3. The van der Waals surface area contributed by atoms with E-state index in [9.17, 15) is 13.6 Å². The second-order valence-electron chi connectivity index (χ2n) is 3.94. The first-order chi connectivity index (χ1) is 9.06. The lowest BCUT2D eigenvalue weighted by Crippen LogP contribution is -2.16. The van der Waals surface area contributed by atoms with Gasteiger partial charge in [-0.25, -0.2) is 8.78 Å². The smallest absolute Gasteiger partial charge is 0.228 e. The number of hydrogen-bond donors (Lipinski definition) is 1. The first-order valence-electron chi connectivity index (χ1n) is 5.54. The van der Waals surface area contributed by atoms with Crippen LogP contribution in [0, 0.1) is 11.6 Å². The number of amides is 1. The molecule has 19 heavy (non-hydrogen) atoms. The van der Waals surface area contributed by atoms with Gasteiger partial charge in [0.1, 0.15) is 11.6 Å². The van der Waals surface area contributed by atoms with Crippen molar-refractivity contribution in [3.63, 3.8) is 0 Å². The molecule has 5 heteroatoms. The number of para-hydroxylation sites is 1. The van der Waals surface area contributed by atoms with E-state index in [1.165, 1.54) is 30.3 Å². The summed E-state index contributed by atoms with van der Waals surface area (Å²) in [5.41, 5.74) is 0.278. The summed E-state index contributed by atoms with van der Waals surface area (Å²) in [6, 6.07) is 9.84. The van der Waals surface area contributed by atoms with E-state index >= 15 is 0 Å². The van der Waals surface area contributed by atoms with Gasteiger partial charge >= 0.3 is 0 Å². The summed E-state index contributed by atoms with van der Waals surface area (Å²) in [5, 5.41) is 2.65. The molecule has 0 saturated heterocycles. The first kappa shape index (κ1) is 13.5. The Hall–Kier alpha value is -1.94. The summed E-state index contributed by atoms with van der Waals surface area (Å²) in [6.07, 6.45) is -0.183. The predicted molar refractivity (Wildman–Crippen MR) is 70.1 cm³/mol. The number of carbonyl (C=O) groups excluding carboxylic acids is 1. The molecule has 0 aliphatic rings. The molecule has 0 aliphatic carbocycles. The molecular weight excluding hydrogens is 272 g/mol. The highest BCUT2D eigenvalue weighted by Gasteiger charge is 2.10. The molecule has 0 unspecified atom stereocenters. The quantitative estimate of drug-likeness (QED) is 0.911. The topological polar surface area (TPSA) is 29.1 Å². The Kier molecular flexibility index (Phi) is 4.12. The molecule has 0 atom stereocenters. The van der Waals surface area contributed by atoms with E-state index in [-0.39, 0.29) is 22.7 Å². The summed E-state index contributed by atoms with van der Waals surface area (Å²) in [6.45, 7) is 0. The lowest BCUT2D eigenvalue weighted by Gasteiger charge is -2.07. The van der Waals surface area contributed by atoms with Crippen molar-refractivity contribution in [2.24, 2.45) is 0 Å². The SMILES string of the molecule is O=C(Cc1ccc(Cl)cc1F)Nc1ccccc1F. The Bertz CT molecular complexity index is 616. The van der Waals surface area contributed by atoms with Crippen molar-refractivity contribution in [2.75, 3.05) is 5.32 Å². The van der Waals surface area contributed by atoms with Gasteiger partial charge in [0.05, 0.1) is 12.1 Å². The van der Waals surface area contributed by atoms with Gasteiger partial charge in [0.25, 0.3) is 0 Å². The molecule has 0 saturated carbocycles. The Labute approximate surface area is 114 Å². The second-order valence-corrected chi connectivity index (χ2v) is 4.38. The monoisotopic (exact) mass is 281 g/mol. The van der Waals surface area contributed by atoms with Crippen LogP contribution in [0.2, 0.25) is 5.02 Å². The van der Waals surface area contributed by atoms with Crippen LogP contribution in [0.5, 0.6) is 0 Å². The summed E-state index contributed by atoms with van der Waals surface area (Å²) < 4.78 is 26.8. The molecule has 0 spiro atoms. The minimum Gasteiger partial charge on any atom is -0.323 e. The van der Waals surface area contributed by atoms with Crippen LogP contribution in [0.25, 0.3) is 0 Å². The molecule has 2 aromatic carbocycles. The molecule has 0 aromatic heterocycles. The van der Waals surface area contributed by atoms with E-state index in [0.29, 0.717) is 0 Å². The van der Waals surface area contributed by atoms with Crippen LogP contribution in [0.4, 0.5) is 14.5 Å². The molecule has 0 radical (unpaired) electrons. The average molecular weight is 282 g/mol. The Morgan fingerprint density at radius 2 is 1.84 bits per heavy atom. The largest absolute Gasteiger partial charge is 0.323 e. The number of benzene rings is 2. The summed E-state index contributed by atoms with van der Waals surface area (Å²) >= 11 is 5.61. The van der Waals surface area contributed by atoms with Crippen molar-refractivity contribution >= 4 is 23.2 Å². The van der Waals surface area contributed by atoms with Crippen molar-refractivity contribution in [1.29, 1.82) is 0 Å². The fourth-order valence-corrected chi connectivity index (χ4v) is 1.75. The molecule has 1 amide bonds. The van der Waals surface area contributed by atoms with Crippen molar-refractivity contribution in [3.8, 4) is 0 Å². The predicted octanol–water partition coefficient (Wildman–Crippen LogP) is 3.80. The summed E-state index contributed by atoms with van der Waals surface area (Å²) in [5.74, 6) is -1.59. The zero-order chi connectivity index (χ0) is 13.8. The maximum Gasteiger partial charge on any atom is 0.228 e. The number of anilines is 1. The Morgan fingerprint density at radius 3 is 2.53 bits per heavy atom. The Morgan fingerprint density at radius 1 is 1.11 bits per heavy atom. The Balaban J connectivity index is 2.08. The minimum absolute atomic E-state index is 0.0712. The number of rotatable bonds is 3. The third-order valence-corrected chi connectivity index (χ3v) is 2.75. The highest BCUT2D eigenvalue weighted by Crippen LogP contribution is 2.17. The van der Waals surface area contributed by atoms with E-state index in [1.54, 1.807) is 6.07 Å². The summed E-state index contributed by atoms with van der Waals surface area (Å²) in [4.78, 5) is 11.7.